The highest BCUT2D eigenvalue weighted by atomic mass is 19.1. The van der Waals surface area contributed by atoms with Crippen molar-refractivity contribution in [2.45, 2.75) is 12.6 Å². The van der Waals surface area contributed by atoms with Crippen molar-refractivity contribution in [2.75, 3.05) is 0 Å². The van der Waals surface area contributed by atoms with Gasteiger partial charge in [0.15, 0.2) is 11.5 Å². The lowest BCUT2D eigenvalue weighted by Crippen LogP contribution is -2.30. The van der Waals surface area contributed by atoms with Crippen molar-refractivity contribution < 1.29 is 19.1 Å². The summed E-state index contributed by atoms with van der Waals surface area (Å²) in [4.78, 5) is 27.4. The zero-order chi connectivity index (χ0) is 21.8. The van der Waals surface area contributed by atoms with Crippen LogP contribution in [0.25, 0.3) is 6.08 Å². The van der Waals surface area contributed by atoms with Gasteiger partial charge in [-0.3, -0.25) is 9.59 Å². The van der Waals surface area contributed by atoms with Crippen LogP contribution in [0.2, 0.25) is 0 Å². The SMILES string of the molecule is O=C(C=Cc1ccccc1)C1=C(O)C(=O)N(Cc2ccccc2)C1c1cccc(F)c1. The first-order chi connectivity index (χ1) is 15.0. The number of benzene rings is 3. The summed E-state index contributed by atoms with van der Waals surface area (Å²) in [5.41, 5.74) is 2.01. The second-order valence-electron chi connectivity index (χ2n) is 7.25. The van der Waals surface area contributed by atoms with Crippen LogP contribution in [-0.4, -0.2) is 21.7 Å². The van der Waals surface area contributed by atoms with Gasteiger partial charge in [-0.25, -0.2) is 4.39 Å². The van der Waals surface area contributed by atoms with E-state index in [0.29, 0.717) is 5.56 Å². The minimum Gasteiger partial charge on any atom is -0.503 e. The number of nitrogens with zero attached hydrogens (tertiary/aromatic N) is 1. The van der Waals surface area contributed by atoms with Gasteiger partial charge < -0.3 is 10.0 Å². The Labute approximate surface area is 179 Å². The van der Waals surface area contributed by atoms with E-state index in [1.807, 2.05) is 60.7 Å². The van der Waals surface area contributed by atoms with E-state index in [9.17, 15) is 19.1 Å². The van der Waals surface area contributed by atoms with E-state index in [1.165, 1.54) is 29.2 Å². The fourth-order valence-corrected chi connectivity index (χ4v) is 3.70. The Hall–Kier alpha value is -3.99. The van der Waals surface area contributed by atoms with E-state index in [1.54, 1.807) is 12.1 Å². The van der Waals surface area contributed by atoms with Gasteiger partial charge in [0.1, 0.15) is 5.82 Å². The molecule has 0 spiro atoms. The number of carbonyl (C=O) groups excluding carboxylic acids is 2. The quantitative estimate of drug-likeness (QED) is 0.579. The number of aliphatic hydroxyl groups excluding tert-OH is 1. The van der Waals surface area contributed by atoms with Crippen molar-refractivity contribution in [3.8, 4) is 0 Å². The number of hydrogen-bond donors (Lipinski definition) is 1. The van der Waals surface area contributed by atoms with Gasteiger partial charge in [0.25, 0.3) is 5.91 Å². The first-order valence-electron chi connectivity index (χ1n) is 9.85. The number of amides is 1. The van der Waals surface area contributed by atoms with Gasteiger partial charge in [0.2, 0.25) is 0 Å². The predicted molar refractivity (Wildman–Crippen MR) is 116 cm³/mol. The highest BCUT2D eigenvalue weighted by molar-refractivity contribution is 6.14. The molecule has 5 heteroatoms. The molecule has 0 aliphatic carbocycles. The summed E-state index contributed by atoms with van der Waals surface area (Å²) < 4.78 is 14.0. The van der Waals surface area contributed by atoms with Crippen molar-refractivity contribution in [2.24, 2.45) is 0 Å². The maximum atomic E-state index is 14.0. The molecule has 3 aromatic rings. The molecule has 4 nitrogen and oxygen atoms in total. The molecule has 1 atom stereocenters. The van der Waals surface area contributed by atoms with E-state index in [4.69, 9.17) is 0 Å². The molecule has 0 fully saturated rings. The number of ketones is 1. The fourth-order valence-electron chi connectivity index (χ4n) is 3.70. The fraction of sp³-hybridized carbons (Fsp3) is 0.0769. The largest absolute Gasteiger partial charge is 0.503 e. The zero-order valence-electron chi connectivity index (χ0n) is 16.6. The Balaban J connectivity index is 1.73. The molecule has 1 heterocycles. The molecule has 0 saturated carbocycles. The molecule has 1 amide bonds. The van der Waals surface area contributed by atoms with E-state index < -0.39 is 29.3 Å². The van der Waals surface area contributed by atoms with Crippen LogP contribution in [0.1, 0.15) is 22.7 Å². The summed E-state index contributed by atoms with van der Waals surface area (Å²) in [7, 11) is 0. The summed E-state index contributed by atoms with van der Waals surface area (Å²) in [5.74, 6) is -2.25. The van der Waals surface area contributed by atoms with Crippen LogP contribution in [0.3, 0.4) is 0 Å². The third-order valence-corrected chi connectivity index (χ3v) is 5.16. The average molecular weight is 413 g/mol. The second-order valence-corrected chi connectivity index (χ2v) is 7.25. The second kappa shape index (κ2) is 8.79. The standard InChI is InChI=1S/C26H20FNO3/c27-21-13-7-12-20(16-21)24-23(22(29)15-14-18-8-3-1-4-9-18)25(30)26(31)28(24)17-19-10-5-2-6-11-19/h1-16,24,30H,17H2. The maximum Gasteiger partial charge on any atom is 0.290 e. The minimum absolute atomic E-state index is 0.0567. The summed E-state index contributed by atoms with van der Waals surface area (Å²) in [5, 5.41) is 10.6. The molecule has 4 rings (SSSR count). The Bertz CT molecular complexity index is 1170. The maximum absolute atomic E-state index is 14.0. The molecule has 3 aromatic carbocycles. The normalized spacial score (nSPS) is 16.4. The van der Waals surface area contributed by atoms with Crippen molar-refractivity contribution in [3.63, 3.8) is 0 Å². The van der Waals surface area contributed by atoms with Crippen LogP contribution >= 0.6 is 0 Å². The summed E-state index contributed by atoms with van der Waals surface area (Å²) in [6.45, 7) is 0.171. The van der Waals surface area contributed by atoms with Crippen LogP contribution in [0.4, 0.5) is 4.39 Å². The van der Waals surface area contributed by atoms with E-state index in [0.717, 1.165) is 11.1 Å². The van der Waals surface area contributed by atoms with Crippen molar-refractivity contribution >= 4 is 17.8 Å². The Morgan fingerprint density at radius 3 is 2.32 bits per heavy atom. The third-order valence-electron chi connectivity index (χ3n) is 5.16. The van der Waals surface area contributed by atoms with E-state index >= 15 is 0 Å². The first-order valence-corrected chi connectivity index (χ1v) is 9.85. The Morgan fingerprint density at radius 1 is 0.968 bits per heavy atom. The minimum atomic E-state index is -0.892. The molecule has 0 radical (unpaired) electrons. The molecule has 0 aromatic heterocycles. The third kappa shape index (κ3) is 4.31. The summed E-state index contributed by atoms with van der Waals surface area (Å²) >= 11 is 0. The van der Waals surface area contributed by atoms with E-state index in [-0.39, 0.29) is 12.1 Å². The Kier molecular flexibility index (Phi) is 5.76. The lowest BCUT2D eigenvalue weighted by Gasteiger charge is -2.26. The molecule has 0 bridgehead atoms. The molecular formula is C26H20FNO3. The lowest BCUT2D eigenvalue weighted by atomic mass is 9.95. The molecule has 1 N–H and O–H groups in total. The van der Waals surface area contributed by atoms with Gasteiger partial charge in [-0.05, 0) is 34.9 Å². The smallest absolute Gasteiger partial charge is 0.290 e. The molecule has 0 saturated heterocycles. The number of hydrogen-bond acceptors (Lipinski definition) is 3. The highest BCUT2D eigenvalue weighted by Gasteiger charge is 2.42. The Morgan fingerprint density at radius 2 is 1.65 bits per heavy atom. The van der Waals surface area contributed by atoms with Crippen molar-refractivity contribution in [3.05, 3.63) is 125 Å². The van der Waals surface area contributed by atoms with Crippen LogP contribution in [0, 0.1) is 5.82 Å². The van der Waals surface area contributed by atoms with Crippen LogP contribution < -0.4 is 0 Å². The first kappa shape index (κ1) is 20.3. The number of rotatable bonds is 6. The van der Waals surface area contributed by atoms with Gasteiger partial charge in [-0.1, -0.05) is 78.9 Å². The van der Waals surface area contributed by atoms with Crippen LogP contribution in [-0.2, 0) is 16.1 Å². The van der Waals surface area contributed by atoms with E-state index in [2.05, 4.69) is 0 Å². The number of aliphatic hydroxyl groups is 1. The van der Waals surface area contributed by atoms with Gasteiger partial charge in [0.05, 0.1) is 11.6 Å². The zero-order valence-corrected chi connectivity index (χ0v) is 16.6. The topological polar surface area (TPSA) is 57.6 Å². The predicted octanol–water partition coefficient (Wildman–Crippen LogP) is 5.00. The van der Waals surface area contributed by atoms with Gasteiger partial charge >= 0.3 is 0 Å². The average Bonchev–Trinajstić information content (AvgIpc) is 3.04. The molecule has 1 aliphatic rings. The molecule has 31 heavy (non-hydrogen) atoms. The van der Waals surface area contributed by atoms with Crippen molar-refractivity contribution in [1.82, 2.24) is 4.90 Å². The molecule has 1 aliphatic heterocycles. The van der Waals surface area contributed by atoms with Gasteiger partial charge in [-0.15, -0.1) is 0 Å². The van der Waals surface area contributed by atoms with Gasteiger partial charge in [0, 0.05) is 6.54 Å². The summed E-state index contributed by atoms with van der Waals surface area (Å²) in [6, 6.07) is 23.3. The molecule has 154 valence electrons. The summed E-state index contributed by atoms with van der Waals surface area (Å²) in [6.07, 6.45) is 2.95. The monoisotopic (exact) mass is 413 g/mol. The number of allylic oxidation sites excluding steroid dienone is 1. The van der Waals surface area contributed by atoms with Gasteiger partial charge in [-0.2, -0.15) is 0 Å². The molecule has 1 unspecified atom stereocenters. The highest BCUT2D eigenvalue weighted by Crippen LogP contribution is 2.39. The van der Waals surface area contributed by atoms with Crippen LogP contribution in [0.15, 0.2) is 102 Å². The number of halogens is 1. The van der Waals surface area contributed by atoms with Crippen LogP contribution in [0.5, 0.6) is 0 Å². The number of carbonyl (C=O) groups is 2. The lowest BCUT2D eigenvalue weighted by molar-refractivity contribution is -0.130. The van der Waals surface area contributed by atoms with Crippen molar-refractivity contribution in [1.29, 1.82) is 0 Å². The molecular weight excluding hydrogens is 393 g/mol.